The molecule has 6 heteroatoms. The predicted molar refractivity (Wildman–Crippen MR) is 132 cm³/mol. The summed E-state index contributed by atoms with van der Waals surface area (Å²) in [5.41, 5.74) is 5.66. The molecule has 176 valence electrons. The Labute approximate surface area is 203 Å². The Morgan fingerprint density at radius 2 is 1.63 bits per heavy atom. The van der Waals surface area contributed by atoms with Crippen LogP contribution in [-0.2, 0) is 10.3 Å². The zero-order chi connectivity index (χ0) is 23.6. The molecule has 2 atom stereocenters. The standard InChI is InChI=1S/C29H27N3O3/c33-28(35-18-26-24-7-3-1-5-22(24)23-6-2-4-8-25(23)26)32-20-10-11-21(32)16-29(34,15-20)19-9-12-27-30-13-14-31(27)17-19/h1-9,12-14,17,20-21,26,34H,10-11,15-16,18H2. The van der Waals surface area contributed by atoms with Gasteiger partial charge in [-0.2, -0.15) is 0 Å². The van der Waals surface area contributed by atoms with Crippen LogP contribution in [0.2, 0.25) is 0 Å². The maximum absolute atomic E-state index is 13.3. The second-order valence-electron chi connectivity index (χ2n) is 10.1. The maximum atomic E-state index is 13.3. The van der Waals surface area contributed by atoms with Gasteiger partial charge in [0.05, 0.1) is 5.60 Å². The van der Waals surface area contributed by atoms with E-state index in [0.29, 0.717) is 19.4 Å². The number of amides is 1. The summed E-state index contributed by atoms with van der Waals surface area (Å²) >= 11 is 0. The van der Waals surface area contributed by atoms with Gasteiger partial charge in [-0.15, -0.1) is 0 Å². The van der Waals surface area contributed by atoms with Gasteiger partial charge in [-0.1, -0.05) is 54.6 Å². The van der Waals surface area contributed by atoms with Gasteiger partial charge in [0.1, 0.15) is 12.3 Å². The van der Waals surface area contributed by atoms with Crippen molar-refractivity contribution >= 4 is 11.7 Å². The average Bonchev–Trinajstić information content (AvgIpc) is 3.55. The monoisotopic (exact) mass is 465 g/mol. The first-order valence-electron chi connectivity index (χ1n) is 12.4. The molecule has 35 heavy (non-hydrogen) atoms. The number of hydrogen-bond acceptors (Lipinski definition) is 4. The lowest BCUT2D eigenvalue weighted by Crippen LogP contribution is -2.52. The molecule has 3 aliphatic rings. The van der Waals surface area contributed by atoms with Crippen molar-refractivity contribution in [2.45, 2.75) is 49.3 Å². The number of ether oxygens (including phenoxy) is 1. The molecule has 0 radical (unpaired) electrons. The summed E-state index contributed by atoms with van der Waals surface area (Å²) in [5, 5.41) is 11.6. The Morgan fingerprint density at radius 1 is 0.971 bits per heavy atom. The smallest absolute Gasteiger partial charge is 0.410 e. The molecule has 0 spiro atoms. The van der Waals surface area contributed by atoms with Crippen molar-refractivity contribution in [1.29, 1.82) is 0 Å². The molecule has 2 aromatic carbocycles. The fraction of sp³-hybridized carbons (Fsp3) is 0.310. The summed E-state index contributed by atoms with van der Waals surface area (Å²) < 4.78 is 7.91. The largest absolute Gasteiger partial charge is 0.448 e. The Morgan fingerprint density at radius 3 is 2.31 bits per heavy atom. The first-order valence-corrected chi connectivity index (χ1v) is 12.4. The lowest BCUT2D eigenvalue weighted by atomic mass is 9.81. The maximum Gasteiger partial charge on any atom is 0.410 e. The van der Waals surface area contributed by atoms with E-state index in [1.165, 1.54) is 22.3 Å². The van der Waals surface area contributed by atoms with Gasteiger partial charge in [-0.25, -0.2) is 9.78 Å². The average molecular weight is 466 g/mol. The third-order valence-corrected chi connectivity index (χ3v) is 8.24. The molecular weight excluding hydrogens is 438 g/mol. The zero-order valence-corrected chi connectivity index (χ0v) is 19.4. The second kappa shape index (κ2) is 7.68. The number of fused-ring (bicyclic) bond motifs is 6. The van der Waals surface area contributed by atoms with E-state index in [4.69, 9.17) is 4.74 Å². The van der Waals surface area contributed by atoms with E-state index in [1.54, 1.807) is 6.20 Å². The highest BCUT2D eigenvalue weighted by Crippen LogP contribution is 2.47. The summed E-state index contributed by atoms with van der Waals surface area (Å²) in [6, 6.07) is 20.6. The van der Waals surface area contributed by atoms with Gasteiger partial charge in [-0.3, -0.25) is 0 Å². The molecule has 2 bridgehead atoms. The number of nitrogens with zero attached hydrogens (tertiary/aromatic N) is 3. The quantitative estimate of drug-likeness (QED) is 0.457. The summed E-state index contributed by atoms with van der Waals surface area (Å²) in [4.78, 5) is 19.5. The van der Waals surface area contributed by atoms with Gasteiger partial charge in [0.25, 0.3) is 0 Å². The van der Waals surface area contributed by atoms with Crippen molar-refractivity contribution in [3.05, 3.63) is 95.9 Å². The van der Waals surface area contributed by atoms with Crippen molar-refractivity contribution in [3.63, 3.8) is 0 Å². The van der Waals surface area contributed by atoms with E-state index in [0.717, 1.165) is 24.1 Å². The number of aliphatic hydroxyl groups is 1. The van der Waals surface area contributed by atoms with Crippen LogP contribution in [0.15, 0.2) is 79.3 Å². The topological polar surface area (TPSA) is 67.1 Å². The minimum Gasteiger partial charge on any atom is -0.448 e. The molecule has 2 saturated heterocycles. The van der Waals surface area contributed by atoms with E-state index < -0.39 is 5.60 Å². The van der Waals surface area contributed by atoms with Crippen LogP contribution in [0.4, 0.5) is 4.79 Å². The number of aromatic nitrogens is 2. The van der Waals surface area contributed by atoms with Crippen molar-refractivity contribution in [2.24, 2.45) is 0 Å². The van der Waals surface area contributed by atoms with E-state index in [1.807, 2.05) is 46.0 Å². The number of carbonyl (C=O) groups is 1. The van der Waals surface area contributed by atoms with Gasteiger partial charge in [-0.05, 0) is 41.2 Å². The molecular formula is C29H27N3O3. The fourth-order valence-electron chi connectivity index (χ4n) is 6.62. The van der Waals surface area contributed by atoms with Crippen LogP contribution in [0.3, 0.4) is 0 Å². The number of piperidine rings is 1. The Balaban J connectivity index is 1.09. The zero-order valence-electron chi connectivity index (χ0n) is 19.4. The Hall–Kier alpha value is -3.64. The van der Waals surface area contributed by atoms with Crippen molar-refractivity contribution < 1.29 is 14.6 Å². The molecule has 1 amide bonds. The number of hydrogen-bond donors (Lipinski definition) is 1. The first-order chi connectivity index (χ1) is 17.1. The molecule has 0 saturated carbocycles. The minimum atomic E-state index is -0.954. The van der Waals surface area contributed by atoms with Gasteiger partial charge in [0.2, 0.25) is 0 Å². The first kappa shape index (κ1) is 20.7. The van der Waals surface area contributed by atoms with E-state index >= 15 is 0 Å². The highest BCUT2D eigenvalue weighted by Gasteiger charge is 2.51. The van der Waals surface area contributed by atoms with E-state index in [-0.39, 0.29) is 24.1 Å². The minimum absolute atomic E-state index is 0.0205. The van der Waals surface area contributed by atoms with Gasteiger partial charge < -0.3 is 19.1 Å². The summed E-state index contributed by atoms with van der Waals surface area (Å²) in [7, 11) is 0. The molecule has 2 unspecified atom stereocenters. The Kier molecular flexibility index (Phi) is 4.55. The molecule has 2 aliphatic heterocycles. The van der Waals surface area contributed by atoms with Gasteiger partial charge >= 0.3 is 6.09 Å². The van der Waals surface area contributed by atoms with Crippen molar-refractivity contribution in [3.8, 4) is 11.1 Å². The third kappa shape index (κ3) is 3.20. The van der Waals surface area contributed by atoms with Crippen LogP contribution in [0, 0.1) is 0 Å². The highest BCUT2D eigenvalue weighted by molar-refractivity contribution is 5.79. The lowest BCUT2D eigenvalue weighted by molar-refractivity contribution is -0.0533. The number of benzene rings is 2. The van der Waals surface area contributed by atoms with Gasteiger partial charge in [0, 0.05) is 55.0 Å². The molecule has 7 rings (SSSR count). The van der Waals surface area contributed by atoms with E-state index in [2.05, 4.69) is 41.4 Å². The molecule has 6 nitrogen and oxygen atoms in total. The summed E-state index contributed by atoms with van der Waals surface area (Å²) in [5.74, 6) is 0.0487. The number of imidazole rings is 1. The molecule has 4 aromatic rings. The number of pyridine rings is 1. The molecule has 2 aromatic heterocycles. The summed E-state index contributed by atoms with van der Waals surface area (Å²) in [6.07, 6.45) is 8.18. The lowest BCUT2D eigenvalue weighted by Gasteiger charge is -2.43. The van der Waals surface area contributed by atoms with Gasteiger partial charge in [0.15, 0.2) is 0 Å². The van der Waals surface area contributed by atoms with E-state index in [9.17, 15) is 9.90 Å². The fourth-order valence-corrected chi connectivity index (χ4v) is 6.62. The summed E-state index contributed by atoms with van der Waals surface area (Å²) in [6.45, 7) is 0.324. The van der Waals surface area contributed by atoms with Crippen molar-refractivity contribution in [1.82, 2.24) is 14.3 Å². The molecule has 1 aliphatic carbocycles. The van der Waals surface area contributed by atoms with Crippen LogP contribution < -0.4 is 0 Å². The molecule has 2 fully saturated rings. The molecule has 1 N–H and O–H groups in total. The van der Waals surface area contributed by atoms with Crippen LogP contribution >= 0.6 is 0 Å². The Bertz CT molecular complexity index is 1380. The molecule has 4 heterocycles. The van der Waals surface area contributed by atoms with Crippen LogP contribution in [0.1, 0.15) is 48.3 Å². The number of rotatable bonds is 3. The van der Waals surface area contributed by atoms with Crippen molar-refractivity contribution in [2.75, 3.05) is 6.61 Å². The normalized spacial score (nSPS) is 25.0. The number of carbonyl (C=O) groups excluding carboxylic acids is 1. The second-order valence-corrected chi connectivity index (χ2v) is 10.1. The third-order valence-electron chi connectivity index (χ3n) is 8.24. The van der Waals surface area contributed by atoms with Crippen LogP contribution in [-0.4, -0.2) is 44.2 Å². The van der Waals surface area contributed by atoms with Crippen LogP contribution in [0.5, 0.6) is 0 Å². The highest BCUT2D eigenvalue weighted by atomic mass is 16.6. The van der Waals surface area contributed by atoms with Crippen LogP contribution in [0.25, 0.3) is 16.8 Å². The SMILES string of the molecule is O=C(OCC1c2ccccc2-c2ccccc21)N1C2CCC1CC(O)(c1ccc3nccn3c1)C2. The predicted octanol–water partition coefficient (Wildman–Crippen LogP) is 5.10.